The fourth-order valence-corrected chi connectivity index (χ4v) is 1.28. The molecule has 0 amide bonds. The van der Waals surface area contributed by atoms with Crippen LogP contribution in [0.4, 0.5) is 4.79 Å². The van der Waals surface area contributed by atoms with E-state index in [0.717, 1.165) is 10.0 Å². The molecule has 76 valence electrons. The summed E-state index contributed by atoms with van der Waals surface area (Å²) in [6.45, 7) is 1.90. The van der Waals surface area contributed by atoms with Gasteiger partial charge in [0.15, 0.2) is 0 Å². The summed E-state index contributed by atoms with van der Waals surface area (Å²) in [6.07, 6.45) is 1.21. The number of ether oxygens (including phenoxy) is 1. The molecule has 0 spiro atoms. The Morgan fingerprint density at radius 2 is 2.36 bits per heavy atom. The van der Waals surface area contributed by atoms with Gasteiger partial charge in [-0.2, -0.15) is 0 Å². The first-order chi connectivity index (χ1) is 6.63. The molecule has 0 aliphatic carbocycles. The molecule has 0 aromatic carbocycles. The normalized spacial score (nSPS) is 9.79. The van der Waals surface area contributed by atoms with Crippen molar-refractivity contribution in [2.45, 2.75) is 6.92 Å². The lowest BCUT2D eigenvalue weighted by Crippen LogP contribution is -2.26. The number of nitrogens with one attached hydrogen (secondary N) is 1. The highest BCUT2D eigenvalue weighted by Gasteiger charge is 2.05. The highest BCUT2D eigenvalue weighted by molar-refractivity contribution is 8.11. The summed E-state index contributed by atoms with van der Waals surface area (Å²) in [4.78, 5) is 34.7. The first-order valence-corrected chi connectivity index (χ1v) is 4.58. The number of hydrogen-bond donors (Lipinski definition) is 1. The third-order valence-electron chi connectivity index (χ3n) is 1.23. The van der Waals surface area contributed by atoms with Crippen LogP contribution in [-0.4, -0.2) is 20.9 Å². The zero-order chi connectivity index (χ0) is 10.6. The maximum Gasteiger partial charge on any atom is 0.388 e. The van der Waals surface area contributed by atoms with Gasteiger partial charge in [0.2, 0.25) is 0 Å². The lowest BCUT2D eigenvalue weighted by molar-refractivity contribution is 0.181. The van der Waals surface area contributed by atoms with E-state index in [1.54, 1.807) is 6.92 Å². The van der Waals surface area contributed by atoms with E-state index in [-0.39, 0.29) is 6.61 Å². The molecule has 6 nitrogen and oxygen atoms in total. The Bertz CT molecular complexity index is 436. The predicted octanol–water partition coefficient (Wildman–Crippen LogP) is 0.189. The summed E-state index contributed by atoms with van der Waals surface area (Å²) >= 11 is 0.576. The molecule has 0 fully saturated rings. The predicted molar refractivity (Wildman–Crippen MR) is 51.3 cm³/mol. The van der Waals surface area contributed by atoms with Gasteiger partial charge in [0.1, 0.15) is 0 Å². The molecule has 7 heteroatoms. The van der Waals surface area contributed by atoms with Gasteiger partial charge in [0.25, 0.3) is 5.56 Å². The van der Waals surface area contributed by atoms with Gasteiger partial charge in [0, 0.05) is 12.3 Å². The first kappa shape index (κ1) is 10.6. The van der Waals surface area contributed by atoms with Gasteiger partial charge >= 0.3 is 11.0 Å². The van der Waals surface area contributed by atoms with Crippen LogP contribution in [-0.2, 0) is 4.74 Å². The lowest BCUT2D eigenvalue weighted by atomic mass is 10.7. The van der Waals surface area contributed by atoms with E-state index >= 15 is 0 Å². The number of carbonyl (C=O) groups excluding carboxylic acids is 1. The fraction of sp³-hybridized carbons (Fsp3) is 0.286. The average Bonchev–Trinajstić information content (AvgIpc) is 2.10. The van der Waals surface area contributed by atoms with E-state index < -0.39 is 16.6 Å². The molecule has 0 aliphatic rings. The van der Waals surface area contributed by atoms with Gasteiger partial charge in [-0.1, -0.05) is 0 Å². The highest BCUT2D eigenvalue weighted by Crippen LogP contribution is 2.04. The van der Waals surface area contributed by atoms with E-state index in [1.165, 1.54) is 6.20 Å². The molecular formula is C7H8N2O4S. The van der Waals surface area contributed by atoms with Crippen molar-refractivity contribution in [3.05, 3.63) is 33.1 Å². The van der Waals surface area contributed by atoms with Crippen LogP contribution in [0.2, 0.25) is 0 Å². The second-order valence-electron chi connectivity index (χ2n) is 2.21. The number of rotatable bonds is 2. The first-order valence-electron chi connectivity index (χ1n) is 3.80. The molecule has 0 aliphatic heterocycles. The third-order valence-corrected chi connectivity index (χ3v) is 1.98. The molecule has 0 atom stereocenters. The summed E-state index contributed by atoms with van der Waals surface area (Å²) in [5.74, 6) is 0. The molecule has 0 saturated carbocycles. The number of aromatic amines is 1. The van der Waals surface area contributed by atoms with Crippen LogP contribution in [0, 0.1) is 0 Å². The molecule has 1 rings (SSSR count). The van der Waals surface area contributed by atoms with Crippen LogP contribution in [0.15, 0.2) is 21.9 Å². The number of H-pyrrole nitrogens is 1. The zero-order valence-electron chi connectivity index (χ0n) is 7.35. The summed E-state index contributed by atoms with van der Waals surface area (Å²) in [7, 11) is 0. The van der Waals surface area contributed by atoms with E-state index in [9.17, 15) is 14.4 Å². The standard InChI is InChI=1S/C7H8N2O4S/c1-2-13-7(12)14-9-4-3-5(10)8-6(9)11/h3-4H,2H2,1H3,(H,8,10,11). The number of carbonyl (C=O) groups is 1. The Morgan fingerprint density at radius 1 is 1.64 bits per heavy atom. The SMILES string of the molecule is CCOC(=O)Sn1ccc(=O)[nH]c1=O. The molecular weight excluding hydrogens is 208 g/mol. The minimum atomic E-state index is -0.657. The quantitative estimate of drug-likeness (QED) is 0.713. The van der Waals surface area contributed by atoms with Gasteiger partial charge in [-0.15, -0.1) is 0 Å². The second-order valence-corrected chi connectivity index (χ2v) is 3.12. The van der Waals surface area contributed by atoms with Gasteiger partial charge in [-0.05, 0) is 6.92 Å². The Morgan fingerprint density at radius 3 is 2.93 bits per heavy atom. The minimum Gasteiger partial charge on any atom is -0.457 e. The van der Waals surface area contributed by atoms with E-state index in [2.05, 4.69) is 4.74 Å². The van der Waals surface area contributed by atoms with Crippen LogP contribution < -0.4 is 11.2 Å². The van der Waals surface area contributed by atoms with E-state index in [1.807, 2.05) is 4.98 Å². The number of aromatic nitrogens is 2. The van der Waals surface area contributed by atoms with Crippen molar-refractivity contribution in [3.8, 4) is 0 Å². The van der Waals surface area contributed by atoms with Crippen molar-refractivity contribution < 1.29 is 9.53 Å². The van der Waals surface area contributed by atoms with Crippen molar-refractivity contribution in [2.24, 2.45) is 0 Å². The molecule has 1 aromatic rings. The van der Waals surface area contributed by atoms with Gasteiger partial charge < -0.3 is 4.74 Å². The summed E-state index contributed by atoms with van der Waals surface area (Å²) in [5.41, 5.74) is -1.16. The summed E-state index contributed by atoms with van der Waals surface area (Å²) < 4.78 is 5.59. The van der Waals surface area contributed by atoms with Gasteiger partial charge in [-0.3, -0.25) is 9.78 Å². The van der Waals surface area contributed by atoms with Crippen LogP contribution in [0.1, 0.15) is 6.92 Å². The average molecular weight is 216 g/mol. The Labute approximate surface area is 83.0 Å². The van der Waals surface area contributed by atoms with Crippen molar-refractivity contribution in [1.29, 1.82) is 0 Å². The Hall–Kier alpha value is -1.50. The van der Waals surface area contributed by atoms with Crippen LogP contribution in [0.3, 0.4) is 0 Å². The second kappa shape index (κ2) is 4.66. The smallest absolute Gasteiger partial charge is 0.388 e. The Balaban J connectivity index is 2.82. The summed E-state index contributed by atoms with van der Waals surface area (Å²) in [6, 6.07) is 1.15. The van der Waals surface area contributed by atoms with Crippen LogP contribution >= 0.6 is 11.9 Å². The molecule has 0 radical (unpaired) electrons. The van der Waals surface area contributed by atoms with Crippen LogP contribution in [0.25, 0.3) is 0 Å². The molecule has 0 saturated heterocycles. The van der Waals surface area contributed by atoms with Crippen LogP contribution in [0.5, 0.6) is 0 Å². The monoisotopic (exact) mass is 216 g/mol. The number of nitrogens with zero attached hydrogens (tertiary/aromatic N) is 1. The summed E-state index contributed by atoms with van der Waals surface area (Å²) in [5, 5.41) is -0.596. The lowest BCUT2D eigenvalue weighted by Gasteiger charge is -2.01. The van der Waals surface area contributed by atoms with Crippen molar-refractivity contribution >= 4 is 17.2 Å². The fourth-order valence-electron chi connectivity index (χ4n) is 0.702. The molecule has 14 heavy (non-hydrogen) atoms. The highest BCUT2D eigenvalue weighted by atomic mass is 32.2. The molecule has 1 aromatic heterocycles. The molecule has 1 N–H and O–H groups in total. The minimum absolute atomic E-state index is 0.240. The van der Waals surface area contributed by atoms with Gasteiger partial charge in [0.05, 0.1) is 18.6 Å². The van der Waals surface area contributed by atoms with E-state index in [0.29, 0.717) is 11.9 Å². The molecule has 0 bridgehead atoms. The number of hydrogen-bond acceptors (Lipinski definition) is 5. The molecule has 0 unspecified atom stereocenters. The topological polar surface area (TPSA) is 81.2 Å². The largest absolute Gasteiger partial charge is 0.457 e. The maximum absolute atomic E-state index is 11.1. The van der Waals surface area contributed by atoms with Crippen molar-refractivity contribution in [1.82, 2.24) is 8.96 Å². The molecule has 1 heterocycles. The van der Waals surface area contributed by atoms with E-state index in [4.69, 9.17) is 0 Å². The van der Waals surface area contributed by atoms with Gasteiger partial charge in [-0.25, -0.2) is 13.6 Å². The maximum atomic E-state index is 11.1. The van der Waals surface area contributed by atoms with Crippen molar-refractivity contribution in [2.75, 3.05) is 6.61 Å². The van der Waals surface area contributed by atoms with Crippen molar-refractivity contribution in [3.63, 3.8) is 0 Å². The Kier molecular flexibility index (Phi) is 3.52. The zero-order valence-corrected chi connectivity index (χ0v) is 8.17. The third kappa shape index (κ3) is 2.77.